The SMILES string of the molecule is C=C(c1ccccc1)c1cc(C)c(-c2ccccc2)cc1C.CC. The van der Waals surface area contributed by atoms with E-state index in [2.05, 4.69) is 87.2 Å². The van der Waals surface area contributed by atoms with Crippen LogP contribution in [0.1, 0.15) is 36.1 Å². The zero-order chi connectivity index (χ0) is 17.5. The maximum Gasteiger partial charge on any atom is -0.0152 e. The first-order valence-electron chi connectivity index (χ1n) is 8.58. The Morgan fingerprint density at radius 3 is 1.83 bits per heavy atom. The van der Waals surface area contributed by atoms with Crippen LogP contribution in [-0.4, -0.2) is 0 Å². The molecule has 0 bridgehead atoms. The second kappa shape index (κ2) is 8.31. The summed E-state index contributed by atoms with van der Waals surface area (Å²) in [6, 6.07) is 25.4. The predicted octanol–water partition coefficient (Wildman–Crippen LogP) is 7.06. The van der Waals surface area contributed by atoms with Crippen molar-refractivity contribution in [2.45, 2.75) is 27.7 Å². The first-order chi connectivity index (χ1) is 11.7. The summed E-state index contributed by atoms with van der Waals surface area (Å²) in [5, 5.41) is 0. The Bertz CT molecular complexity index is 796. The van der Waals surface area contributed by atoms with Crippen LogP contribution in [0.15, 0.2) is 79.4 Å². The lowest BCUT2D eigenvalue weighted by Crippen LogP contribution is -1.94. The van der Waals surface area contributed by atoms with Crippen molar-refractivity contribution in [3.8, 4) is 11.1 Å². The van der Waals surface area contributed by atoms with Gasteiger partial charge >= 0.3 is 0 Å². The van der Waals surface area contributed by atoms with Crippen LogP contribution in [-0.2, 0) is 0 Å². The fraction of sp³-hybridized carbons (Fsp3) is 0.167. The van der Waals surface area contributed by atoms with Crippen LogP contribution < -0.4 is 0 Å². The third-order valence-electron chi connectivity index (χ3n) is 4.10. The second-order valence-corrected chi connectivity index (χ2v) is 5.69. The van der Waals surface area contributed by atoms with E-state index in [9.17, 15) is 0 Å². The Balaban J connectivity index is 0.00000100. The molecule has 0 saturated carbocycles. The summed E-state index contributed by atoms with van der Waals surface area (Å²) in [4.78, 5) is 0. The fourth-order valence-electron chi connectivity index (χ4n) is 2.86. The predicted molar refractivity (Wildman–Crippen MR) is 107 cm³/mol. The molecule has 0 heteroatoms. The van der Waals surface area contributed by atoms with E-state index in [1.54, 1.807) is 0 Å². The van der Waals surface area contributed by atoms with Gasteiger partial charge in [0.1, 0.15) is 0 Å². The summed E-state index contributed by atoms with van der Waals surface area (Å²) >= 11 is 0. The van der Waals surface area contributed by atoms with E-state index in [1.165, 1.54) is 33.4 Å². The summed E-state index contributed by atoms with van der Waals surface area (Å²) in [7, 11) is 0. The lowest BCUT2D eigenvalue weighted by atomic mass is 9.90. The van der Waals surface area contributed by atoms with Crippen molar-refractivity contribution in [2.24, 2.45) is 0 Å². The molecular formula is C24H26. The summed E-state index contributed by atoms with van der Waals surface area (Å²) in [5.41, 5.74) is 8.59. The molecule has 0 radical (unpaired) electrons. The molecular weight excluding hydrogens is 288 g/mol. The Morgan fingerprint density at radius 1 is 0.708 bits per heavy atom. The highest BCUT2D eigenvalue weighted by atomic mass is 14.1. The third kappa shape index (κ3) is 3.83. The molecule has 0 amide bonds. The van der Waals surface area contributed by atoms with Gasteiger partial charge in [0.25, 0.3) is 0 Å². The molecule has 3 rings (SSSR count). The standard InChI is InChI=1S/C22H20.C2H6/c1-16-15-22(20-12-8-5-9-13-20)17(2)14-21(16)18(3)19-10-6-4-7-11-19;1-2/h4-15H,3H2,1-2H3;1-2H3. The molecule has 0 aliphatic rings. The summed E-state index contributed by atoms with van der Waals surface area (Å²) in [6.45, 7) is 12.6. The molecule has 122 valence electrons. The van der Waals surface area contributed by atoms with Crippen molar-refractivity contribution in [3.63, 3.8) is 0 Å². The Hall–Kier alpha value is -2.60. The first-order valence-corrected chi connectivity index (χ1v) is 8.58. The number of benzene rings is 3. The van der Waals surface area contributed by atoms with E-state index < -0.39 is 0 Å². The van der Waals surface area contributed by atoms with Crippen molar-refractivity contribution < 1.29 is 0 Å². The van der Waals surface area contributed by atoms with Gasteiger partial charge in [-0.3, -0.25) is 0 Å². The van der Waals surface area contributed by atoms with E-state index in [-0.39, 0.29) is 0 Å². The monoisotopic (exact) mass is 314 g/mol. The highest BCUT2D eigenvalue weighted by Gasteiger charge is 2.10. The molecule has 24 heavy (non-hydrogen) atoms. The smallest absolute Gasteiger partial charge is 0.0152 e. The van der Waals surface area contributed by atoms with Crippen LogP contribution in [0.3, 0.4) is 0 Å². The van der Waals surface area contributed by atoms with Crippen LogP contribution >= 0.6 is 0 Å². The average molecular weight is 314 g/mol. The number of rotatable bonds is 3. The summed E-state index contributed by atoms with van der Waals surface area (Å²) in [5.74, 6) is 0. The maximum atomic E-state index is 4.30. The van der Waals surface area contributed by atoms with Gasteiger partial charge in [-0.15, -0.1) is 0 Å². The Kier molecular flexibility index (Phi) is 6.14. The van der Waals surface area contributed by atoms with Gasteiger partial charge in [0.05, 0.1) is 0 Å². The molecule has 0 atom stereocenters. The van der Waals surface area contributed by atoms with Crippen molar-refractivity contribution in [3.05, 3.63) is 102 Å². The van der Waals surface area contributed by atoms with Crippen molar-refractivity contribution in [1.29, 1.82) is 0 Å². The molecule has 0 aliphatic heterocycles. The maximum absolute atomic E-state index is 4.30. The lowest BCUT2D eigenvalue weighted by Gasteiger charge is -2.15. The lowest BCUT2D eigenvalue weighted by molar-refractivity contribution is 1.35. The Labute approximate surface area is 146 Å². The topological polar surface area (TPSA) is 0 Å². The second-order valence-electron chi connectivity index (χ2n) is 5.69. The highest BCUT2D eigenvalue weighted by molar-refractivity contribution is 5.82. The minimum Gasteiger partial charge on any atom is -0.0905 e. The normalized spacial score (nSPS) is 9.83. The van der Waals surface area contributed by atoms with Crippen LogP contribution in [0.5, 0.6) is 0 Å². The van der Waals surface area contributed by atoms with Crippen LogP contribution in [0, 0.1) is 13.8 Å². The third-order valence-corrected chi connectivity index (χ3v) is 4.10. The summed E-state index contributed by atoms with van der Waals surface area (Å²) in [6.07, 6.45) is 0. The van der Waals surface area contributed by atoms with E-state index in [1.807, 2.05) is 19.9 Å². The molecule has 0 aromatic heterocycles. The van der Waals surface area contributed by atoms with Gasteiger partial charge in [0.15, 0.2) is 0 Å². The Morgan fingerprint density at radius 2 is 1.25 bits per heavy atom. The van der Waals surface area contributed by atoms with Gasteiger partial charge in [0, 0.05) is 0 Å². The van der Waals surface area contributed by atoms with Gasteiger partial charge in [-0.25, -0.2) is 0 Å². The minimum atomic E-state index is 1.08. The quantitative estimate of drug-likeness (QED) is 0.485. The molecule has 0 spiro atoms. The van der Waals surface area contributed by atoms with E-state index in [0.717, 1.165) is 5.57 Å². The van der Waals surface area contributed by atoms with Gasteiger partial charge in [0.2, 0.25) is 0 Å². The molecule has 3 aromatic rings. The van der Waals surface area contributed by atoms with Gasteiger partial charge in [-0.05, 0) is 52.8 Å². The van der Waals surface area contributed by atoms with Crippen LogP contribution in [0.4, 0.5) is 0 Å². The molecule has 0 nitrogen and oxygen atoms in total. The fourth-order valence-corrected chi connectivity index (χ4v) is 2.86. The average Bonchev–Trinajstić information content (AvgIpc) is 2.66. The number of aryl methyl sites for hydroxylation is 2. The van der Waals surface area contributed by atoms with Crippen molar-refractivity contribution in [2.75, 3.05) is 0 Å². The van der Waals surface area contributed by atoms with Crippen LogP contribution in [0.2, 0.25) is 0 Å². The zero-order valence-electron chi connectivity index (χ0n) is 15.1. The first kappa shape index (κ1) is 17.7. The highest BCUT2D eigenvalue weighted by Crippen LogP contribution is 2.31. The van der Waals surface area contributed by atoms with Gasteiger partial charge < -0.3 is 0 Å². The number of hydrogen-bond donors (Lipinski definition) is 0. The summed E-state index contributed by atoms with van der Waals surface area (Å²) < 4.78 is 0. The molecule has 3 aromatic carbocycles. The largest absolute Gasteiger partial charge is 0.0905 e. The van der Waals surface area contributed by atoms with Gasteiger partial charge in [-0.2, -0.15) is 0 Å². The molecule has 0 N–H and O–H groups in total. The molecule has 0 saturated heterocycles. The van der Waals surface area contributed by atoms with Crippen LogP contribution in [0.25, 0.3) is 16.7 Å². The molecule has 0 aliphatic carbocycles. The molecule has 0 unspecified atom stereocenters. The zero-order valence-corrected chi connectivity index (χ0v) is 15.1. The van der Waals surface area contributed by atoms with E-state index >= 15 is 0 Å². The van der Waals surface area contributed by atoms with E-state index in [4.69, 9.17) is 0 Å². The molecule has 0 fully saturated rings. The van der Waals surface area contributed by atoms with E-state index in [0.29, 0.717) is 0 Å². The minimum absolute atomic E-state index is 1.08. The molecule has 0 heterocycles. The van der Waals surface area contributed by atoms with Gasteiger partial charge in [-0.1, -0.05) is 93.2 Å². The van der Waals surface area contributed by atoms with Crippen molar-refractivity contribution >= 4 is 5.57 Å². The van der Waals surface area contributed by atoms with Crippen molar-refractivity contribution in [1.82, 2.24) is 0 Å². The number of hydrogen-bond acceptors (Lipinski definition) is 0.